The Balaban J connectivity index is 2.33. The number of amidine groups is 1. The van der Waals surface area contributed by atoms with E-state index in [0.29, 0.717) is 5.84 Å². The highest BCUT2D eigenvalue weighted by Gasteiger charge is 2.16. The fraction of sp³-hybridized carbons (Fsp3) is 0.857. The van der Waals surface area contributed by atoms with Gasteiger partial charge >= 0.3 is 0 Å². The van der Waals surface area contributed by atoms with E-state index in [1.54, 1.807) is 6.92 Å². The lowest BCUT2D eigenvalue weighted by molar-refractivity contribution is 0.109. The maximum Gasteiger partial charge on any atom is 0.0925 e. The molecule has 0 unspecified atom stereocenters. The molecule has 0 aliphatic carbocycles. The van der Waals surface area contributed by atoms with Gasteiger partial charge in [0.2, 0.25) is 0 Å². The lowest BCUT2D eigenvalue weighted by Crippen LogP contribution is -2.38. The molecule has 0 atom stereocenters. The van der Waals surface area contributed by atoms with Crippen molar-refractivity contribution in [3.05, 3.63) is 0 Å². The van der Waals surface area contributed by atoms with Crippen LogP contribution >= 0.6 is 0 Å². The van der Waals surface area contributed by atoms with Crippen molar-refractivity contribution in [2.24, 2.45) is 0 Å². The number of nitrogens with zero attached hydrogens (tertiary/aromatic N) is 1. The number of aliphatic hydroxyl groups excluding tert-OH is 1. The SMILES string of the molecule is CC(=N)N1CCC(O)CC1. The summed E-state index contributed by atoms with van der Waals surface area (Å²) in [5, 5.41) is 16.4. The van der Waals surface area contributed by atoms with E-state index in [2.05, 4.69) is 0 Å². The van der Waals surface area contributed by atoms with E-state index in [1.165, 1.54) is 0 Å². The summed E-state index contributed by atoms with van der Waals surface area (Å²) in [6.45, 7) is 3.48. The predicted octanol–water partition coefficient (Wildman–Crippen LogP) is 0.440. The number of hydrogen-bond acceptors (Lipinski definition) is 2. The van der Waals surface area contributed by atoms with Gasteiger partial charge in [-0.05, 0) is 19.8 Å². The van der Waals surface area contributed by atoms with Gasteiger partial charge in [0.25, 0.3) is 0 Å². The van der Waals surface area contributed by atoms with E-state index in [1.807, 2.05) is 4.90 Å². The van der Waals surface area contributed by atoms with Gasteiger partial charge in [0.1, 0.15) is 0 Å². The molecule has 0 saturated carbocycles. The molecular weight excluding hydrogens is 128 g/mol. The van der Waals surface area contributed by atoms with Crippen molar-refractivity contribution in [3.8, 4) is 0 Å². The van der Waals surface area contributed by atoms with Gasteiger partial charge < -0.3 is 10.0 Å². The molecule has 0 radical (unpaired) electrons. The first-order valence-electron chi connectivity index (χ1n) is 3.68. The smallest absolute Gasteiger partial charge is 0.0925 e. The van der Waals surface area contributed by atoms with Gasteiger partial charge in [-0.1, -0.05) is 0 Å². The van der Waals surface area contributed by atoms with Crippen LogP contribution in [0.5, 0.6) is 0 Å². The molecule has 10 heavy (non-hydrogen) atoms. The van der Waals surface area contributed by atoms with Crippen LogP contribution in [-0.4, -0.2) is 35.0 Å². The third kappa shape index (κ3) is 1.70. The quantitative estimate of drug-likeness (QED) is 0.381. The zero-order chi connectivity index (χ0) is 7.56. The second-order valence-electron chi connectivity index (χ2n) is 2.80. The van der Waals surface area contributed by atoms with Crippen molar-refractivity contribution in [1.29, 1.82) is 5.41 Å². The normalized spacial score (nSPS) is 21.2. The predicted molar refractivity (Wildman–Crippen MR) is 40.2 cm³/mol. The van der Waals surface area contributed by atoms with Crippen LogP contribution in [0.15, 0.2) is 0 Å². The maximum absolute atomic E-state index is 9.11. The summed E-state index contributed by atoms with van der Waals surface area (Å²) in [4.78, 5) is 1.99. The van der Waals surface area contributed by atoms with E-state index in [4.69, 9.17) is 10.5 Å². The number of hydrogen-bond donors (Lipinski definition) is 2. The summed E-state index contributed by atoms with van der Waals surface area (Å²) < 4.78 is 0. The van der Waals surface area contributed by atoms with Gasteiger partial charge in [0.15, 0.2) is 0 Å². The Morgan fingerprint density at radius 3 is 2.40 bits per heavy atom. The fourth-order valence-corrected chi connectivity index (χ4v) is 1.20. The van der Waals surface area contributed by atoms with Crippen LogP contribution in [0.3, 0.4) is 0 Å². The monoisotopic (exact) mass is 142 g/mol. The number of likely N-dealkylation sites (tertiary alicyclic amines) is 1. The lowest BCUT2D eigenvalue weighted by atomic mass is 10.1. The molecule has 0 spiro atoms. The first-order valence-corrected chi connectivity index (χ1v) is 3.68. The van der Waals surface area contributed by atoms with Gasteiger partial charge in [-0.25, -0.2) is 0 Å². The minimum absolute atomic E-state index is 0.129. The van der Waals surface area contributed by atoms with Crippen LogP contribution in [0.4, 0.5) is 0 Å². The van der Waals surface area contributed by atoms with Crippen molar-refractivity contribution in [2.45, 2.75) is 25.9 Å². The molecule has 1 aliphatic rings. The number of piperidine rings is 1. The Morgan fingerprint density at radius 2 is 2.00 bits per heavy atom. The molecule has 1 aliphatic heterocycles. The summed E-state index contributed by atoms with van der Waals surface area (Å²) in [5.41, 5.74) is 0. The van der Waals surface area contributed by atoms with E-state index in [-0.39, 0.29) is 6.10 Å². The van der Waals surface area contributed by atoms with E-state index in [9.17, 15) is 0 Å². The van der Waals surface area contributed by atoms with E-state index >= 15 is 0 Å². The highest BCUT2D eigenvalue weighted by molar-refractivity contribution is 5.76. The third-order valence-electron chi connectivity index (χ3n) is 1.94. The molecule has 2 N–H and O–H groups in total. The second kappa shape index (κ2) is 3.01. The number of nitrogens with one attached hydrogen (secondary N) is 1. The largest absolute Gasteiger partial charge is 0.393 e. The van der Waals surface area contributed by atoms with Gasteiger partial charge in [0.05, 0.1) is 11.9 Å². The molecule has 0 bridgehead atoms. The molecule has 3 nitrogen and oxygen atoms in total. The first-order chi connectivity index (χ1) is 4.70. The van der Waals surface area contributed by atoms with Crippen molar-refractivity contribution in [2.75, 3.05) is 13.1 Å². The molecule has 1 heterocycles. The summed E-state index contributed by atoms with van der Waals surface area (Å²) in [6.07, 6.45) is 1.50. The standard InChI is InChI=1S/C7H14N2O/c1-6(8)9-4-2-7(10)3-5-9/h7-8,10H,2-5H2,1H3. The van der Waals surface area contributed by atoms with Crippen LogP contribution in [0.25, 0.3) is 0 Å². The van der Waals surface area contributed by atoms with Crippen LogP contribution in [0, 0.1) is 5.41 Å². The van der Waals surface area contributed by atoms with Crippen LogP contribution in [0.2, 0.25) is 0 Å². The number of rotatable bonds is 0. The first kappa shape index (κ1) is 7.54. The Hall–Kier alpha value is -0.570. The minimum Gasteiger partial charge on any atom is -0.393 e. The molecular formula is C7H14N2O. The van der Waals surface area contributed by atoms with Gasteiger partial charge in [-0.15, -0.1) is 0 Å². The average Bonchev–Trinajstić information content (AvgIpc) is 1.88. The minimum atomic E-state index is -0.129. The maximum atomic E-state index is 9.11. The molecule has 0 aromatic carbocycles. The van der Waals surface area contributed by atoms with Gasteiger partial charge in [-0.2, -0.15) is 0 Å². The second-order valence-corrected chi connectivity index (χ2v) is 2.80. The summed E-state index contributed by atoms with van der Waals surface area (Å²) in [7, 11) is 0. The molecule has 58 valence electrons. The highest BCUT2D eigenvalue weighted by atomic mass is 16.3. The summed E-state index contributed by atoms with van der Waals surface area (Å²) in [6, 6.07) is 0. The average molecular weight is 142 g/mol. The van der Waals surface area contributed by atoms with Crippen LogP contribution in [-0.2, 0) is 0 Å². The Morgan fingerprint density at radius 1 is 1.50 bits per heavy atom. The van der Waals surface area contributed by atoms with Crippen LogP contribution < -0.4 is 0 Å². The molecule has 1 fully saturated rings. The van der Waals surface area contributed by atoms with Gasteiger partial charge in [-0.3, -0.25) is 5.41 Å². The van der Waals surface area contributed by atoms with E-state index in [0.717, 1.165) is 25.9 Å². The summed E-state index contributed by atoms with van der Waals surface area (Å²) in [5.74, 6) is 0.618. The Bertz CT molecular complexity index is 128. The topological polar surface area (TPSA) is 47.3 Å². The van der Waals surface area contributed by atoms with E-state index < -0.39 is 0 Å². The Kier molecular flexibility index (Phi) is 2.27. The fourth-order valence-electron chi connectivity index (χ4n) is 1.20. The summed E-state index contributed by atoms with van der Waals surface area (Å²) >= 11 is 0. The Labute approximate surface area is 61.2 Å². The lowest BCUT2D eigenvalue weighted by Gasteiger charge is -2.30. The number of aliphatic hydroxyl groups is 1. The van der Waals surface area contributed by atoms with Gasteiger partial charge in [0, 0.05) is 13.1 Å². The van der Waals surface area contributed by atoms with Crippen molar-refractivity contribution in [1.82, 2.24) is 4.90 Å². The molecule has 0 aromatic rings. The van der Waals surface area contributed by atoms with Crippen molar-refractivity contribution < 1.29 is 5.11 Å². The molecule has 0 aromatic heterocycles. The molecule has 3 heteroatoms. The highest BCUT2D eigenvalue weighted by Crippen LogP contribution is 2.09. The molecule has 0 amide bonds. The van der Waals surface area contributed by atoms with Crippen molar-refractivity contribution in [3.63, 3.8) is 0 Å². The zero-order valence-corrected chi connectivity index (χ0v) is 6.30. The zero-order valence-electron chi connectivity index (χ0n) is 6.30. The van der Waals surface area contributed by atoms with Crippen molar-refractivity contribution >= 4 is 5.84 Å². The molecule has 1 rings (SSSR count). The van der Waals surface area contributed by atoms with Crippen LogP contribution in [0.1, 0.15) is 19.8 Å². The third-order valence-corrected chi connectivity index (χ3v) is 1.94. The molecule has 1 saturated heterocycles.